The molecule has 1 atom stereocenters. The van der Waals surface area contributed by atoms with Crippen LogP contribution in [0.25, 0.3) is 0 Å². The molecule has 0 radical (unpaired) electrons. The lowest BCUT2D eigenvalue weighted by Crippen LogP contribution is -2.39. The summed E-state index contributed by atoms with van der Waals surface area (Å²) in [5.41, 5.74) is -0.0352. The van der Waals surface area contributed by atoms with Crippen LogP contribution in [0.4, 0.5) is 14.9 Å². The molecule has 1 rings (SSSR count). The highest BCUT2D eigenvalue weighted by molar-refractivity contribution is 5.90. The first-order chi connectivity index (χ1) is 9.46. The van der Waals surface area contributed by atoms with Crippen LogP contribution >= 0.6 is 0 Å². The molecule has 1 unspecified atom stereocenters. The Morgan fingerprint density at radius 2 is 2.15 bits per heavy atom. The third kappa shape index (κ3) is 4.75. The van der Waals surface area contributed by atoms with Crippen molar-refractivity contribution in [3.8, 4) is 5.75 Å². The van der Waals surface area contributed by atoms with E-state index in [0.29, 0.717) is 12.2 Å². The van der Waals surface area contributed by atoms with Crippen molar-refractivity contribution in [2.45, 2.75) is 25.8 Å². The number of carbonyl (C=O) groups is 2. The first-order valence-corrected chi connectivity index (χ1v) is 6.09. The van der Waals surface area contributed by atoms with Crippen LogP contribution in [-0.4, -0.2) is 30.3 Å². The molecule has 0 aromatic heterocycles. The number of halogens is 1. The summed E-state index contributed by atoms with van der Waals surface area (Å²) in [4.78, 5) is 22.3. The summed E-state index contributed by atoms with van der Waals surface area (Å²) in [5.74, 6) is -1.21. The molecule has 6 nitrogen and oxygen atoms in total. The standard InChI is InChI=1S/C13H17FN2O4/c1-3-8(6-12(17)18)15-13(19)16-11-7-9(20-2)4-5-10(11)14/h4-5,7-8H,3,6H2,1-2H3,(H,17,18)(H2,15,16,19). The molecule has 0 aliphatic rings. The molecule has 1 aromatic rings. The summed E-state index contributed by atoms with van der Waals surface area (Å²) < 4.78 is 18.4. The number of hydrogen-bond donors (Lipinski definition) is 3. The molecule has 0 aliphatic heterocycles. The van der Waals surface area contributed by atoms with E-state index in [9.17, 15) is 14.0 Å². The van der Waals surface area contributed by atoms with E-state index in [1.165, 1.54) is 25.3 Å². The number of anilines is 1. The van der Waals surface area contributed by atoms with Gasteiger partial charge in [0.2, 0.25) is 0 Å². The lowest BCUT2D eigenvalue weighted by atomic mass is 10.1. The molecule has 3 N–H and O–H groups in total. The summed E-state index contributed by atoms with van der Waals surface area (Å²) in [6.45, 7) is 1.75. The highest BCUT2D eigenvalue weighted by atomic mass is 19.1. The van der Waals surface area contributed by atoms with Gasteiger partial charge in [-0.05, 0) is 18.6 Å². The molecule has 0 spiro atoms. The van der Waals surface area contributed by atoms with Crippen molar-refractivity contribution in [2.24, 2.45) is 0 Å². The van der Waals surface area contributed by atoms with Gasteiger partial charge >= 0.3 is 12.0 Å². The van der Waals surface area contributed by atoms with Crippen LogP contribution in [0.1, 0.15) is 19.8 Å². The molecule has 1 aromatic carbocycles. The smallest absolute Gasteiger partial charge is 0.319 e. The Bertz CT molecular complexity index is 493. The van der Waals surface area contributed by atoms with Crippen molar-refractivity contribution >= 4 is 17.7 Å². The number of nitrogens with one attached hydrogen (secondary N) is 2. The van der Waals surface area contributed by atoms with E-state index in [1.54, 1.807) is 6.92 Å². The highest BCUT2D eigenvalue weighted by Crippen LogP contribution is 2.20. The fraction of sp³-hybridized carbons (Fsp3) is 0.385. The lowest BCUT2D eigenvalue weighted by Gasteiger charge is -2.16. The minimum Gasteiger partial charge on any atom is -0.497 e. The van der Waals surface area contributed by atoms with E-state index in [4.69, 9.17) is 9.84 Å². The van der Waals surface area contributed by atoms with Crippen LogP contribution < -0.4 is 15.4 Å². The number of carboxylic acid groups (broad SMARTS) is 1. The van der Waals surface area contributed by atoms with Gasteiger partial charge in [0.1, 0.15) is 11.6 Å². The zero-order valence-electron chi connectivity index (χ0n) is 11.3. The van der Waals surface area contributed by atoms with E-state index >= 15 is 0 Å². The lowest BCUT2D eigenvalue weighted by molar-refractivity contribution is -0.137. The third-order valence-electron chi connectivity index (χ3n) is 2.67. The van der Waals surface area contributed by atoms with Gasteiger partial charge in [-0.2, -0.15) is 0 Å². The van der Waals surface area contributed by atoms with E-state index in [-0.39, 0.29) is 12.1 Å². The Morgan fingerprint density at radius 3 is 2.70 bits per heavy atom. The van der Waals surface area contributed by atoms with E-state index in [0.717, 1.165) is 0 Å². The average Bonchev–Trinajstić information content (AvgIpc) is 2.40. The van der Waals surface area contributed by atoms with Gasteiger partial charge in [-0.25, -0.2) is 9.18 Å². The molecule has 0 bridgehead atoms. The molecule has 0 aliphatic carbocycles. The predicted octanol–water partition coefficient (Wildman–Crippen LogP) is 2.21. The van der Waals surface area contributed by atoms with Crippen molar-refractivity contribution in [2.75, 3.05) is 12.4 Å². The normalized spacial score (nSPS) is 11.6. The van der Waals surface area contributed by atoms with Crippen LogP contribution in [0.3, 0.4) is 0 Å². The Labute approximate surface area is 115 Å². The number of methoxy groups -OCH3 is 1. The van der Waals surface area contributed by atoms with Gasteiger partial charge in [-0.1, -0.05) is 6.92 Å². The minimum absolute atomic E-state index is 0.0352. The topological polar surface area (TPSA) is 87.7 Å². The molecule has 2 amide bonds. The molecule has 110 valence electrons. The largest absolute Gasteiger partial charge is 0.497 e. The summed E-state index contributed by atoms with van der Waals surface area (Å²) >= 11 is 0. The fourth-order valence-corrected chi connectivity index (χ4v) is 1.58. The molecule has 0 heterocycles. The summed E-state index contributed by atoms with van der Waals surface area (Å²) in [6.07, 6.45) is 0.269. The van der Waals surface area contributed by atoms with E-state index < -0.39 is 23.9 Å². The number of carbonyl (C=O) groups excluding carboxylic acids is 1. The van der Waals surface area contributed by atoms with Gasteiger partial charge in [0.15, 0.2) is 0 Å². The molecular weight excluding hydrogens is 267 g/mol. The van der Waals surface area contributed by atoms with Crippen LogP contribution in [0, 0.1) is 5.82 Å². The maximum Gasteiger partial charge on any atom is 0.319 e. The van der Waals surface area contributed by atoms with Crippen LogP contribution in [0.5, 0.6) is 5.75 Å². The number of hydrogen-bond acceptors (Lipinski definition) is 3. The highest BCUT2D eigenvalue weighted by Gasteiger charge is 2.15. The SMILES string of the molecule is CCC(CC(=O)O)NC(=O)Nc1cc(OC)ccc1F. The molecule has 0 fully saturated rings. The second-order valence-electron chi connectivity index (χ2n) is 4.15. The number of urea groups is 1. The minimum atomic E-state index is -1.01. The predicted molar refractivity (Wildman–Crippen MR) is 71.4 cm³/mol. The fourth-order valence-electron chi connectivity index (χ4n) is 1.58. The average molecular weight is 284 g/mol. The number of amides is 2. The molecule has 0 saturated carbocycles. The molecule has 7 heteroatoms. The van der Waals surface area contributed by atoms with E-state index in [1.807, 2.05) is 0 Å². The van der Waals surface area contributed by atoms with E-state index in [2.05, 4.69) is 10.6 Å². The van der Waals surface area contributed by atoms with Crippen molar-refractivity contribution in [1.29, 1.82) is 0 Å². The van der Waals surface area contributed by atoms with Gasteiger partial charge in [0, 0.05) is 12.1 Å². The summed E-state index contributed by atoms with van der Waals surface area (Å²) in [7, 11) is 1.43. The quantitative estimate of drug-likeness (QED) is 0.747. The zero-order chi connectivity index (χ0) is 15.1. The maximum absolute atomic E-state index is 13.5. The second-order valence-corrected chi connectivity index (χ2v) is 4.15. The molecule has 0 saturated heterocycles. The zero-order valence-corrected chi connectivity index (χ0v) is 11.3. The summed E-state index contributed by atoms with van der Waals surface area (Å²) in [5, 5.41) is 13.5. The van der Waals surface area contributed by atoms with Gasteiger partial charge in [-0.15, -0.1) is 0 Å². The molecular formula is C13H17FN2O4. The first kappa shape index (κ1) is 15.7. The monoisotopic (exact) mass is 284 g/mol. The Balaban J connectivity index is 2.68. The number of aliphatic carboxylic acids is 1. The van der Waals surface area contributed by atoms with Crippen LogP contribution in [-0.2, 0) is 4.79 Å². The van der Waals surface area contributed by atoms with Crippen LogP contribution in [0.15, 0.2) is 18.2 Å². The second kappa shape index (κ2) is 7.32. The maximum atomic E-state index is 13.5. The number of carboxylic acids is 1. The van der Waals surface area contributed by atoms with Crippen molar-refractivity contribution in [3.63, 3.8) is 0 Å². The van der Waals surface area contributed by atoms with Gasteiger partial charge in [0.05, 0.1) is 19.2 Å². The Hall–Kier alpha value is -2.31. The van der Waals surface area contributed by atoms with Crippen LogP contribution in [0.2, 0.25) is 0 Å². The van der Waals surface area contributed by atoms with Crippen molar-refractivity contribution < 1.29 is 23.8 Å². The number of benzene rings is 1. The molecule has 20 heavy (non-hydrogen) atoms. The first-order valence-electron chi connectivity index (χ1n) is 6.09. The van der Waals surface area contributed by atoms with Crippen molar-refractivity contribution in [1.82, 2.24) is 5.32 Å². The van der Waals surface area contributed by atoms with Gasteiger partial charge in [-0.3, -0.25) is 4.79 Å². The third-order valence-corrected chi connectivity index (χ3v) is 2.67. The number of rotatable bonds is 6. The van der Waals surface area contributed by atoms with Gasteiger partial charge < -0.3 is 20.5 Å². The summed E-state index contributed by atoms with van der Waals surface area (Å²) in [6, 6.07) is 2.76. The van der Waals surface area contributed by atoms with Gasteiger partial charge in [0.25, 0.3) is 0 Å². The Morgan fingerprint density at radius 1 is 1.45 bits per heavy atom. The van der Waals surface area contributed by atoms with Crippen molar-refractivity contribution in [3.05, 3.63) is 24.0 Å². The number of ether oxygens (including phenoxy) is 1. The Kier molecular flexibility index (Phi) is 5.76.